The molecule has 0 unspecified atom stereocenters. The second-order valence-corrected chi connectivity index (χ2v) is 7.71. The number of aryl methyl sites for hydroxylation is 1. The van der Waals surface area contributed by atoms with Gasteiger partial charge in [0.15, 0.2) is 0 Å². The summed E-state index contributed by atoms with van der Waals surface area (Å²) in [5.41, 5.74) is 4.99. The van der Waals surface area contributed by atoms with Crippen LogP contribution in [0.25, 0.3) is 11.3 Å². The van der Waals surface area contributed by atoms with Gasteiger partial charge in [-0.1, -0.05) is 45.8 Å². The summed E-state index contributed by atoms with van der Waals surface area (Å²) in [5, 5.41) is 7.42. The monoisotopic (exact) mass is 433 g/mol. The lowest BCUT2D eigenvalue weighted by Crippen LogP contribution is -2.29. The zero-order valence-electron chi connectivity index (χ0n) is 15.0. The van der Waals surface area contributed by atoms with Crippen LogP contribution in [0.4, 0.5) is 5.69 Å². The van der Waals surface area contributed by atoms with Gasteiger partial charge >= 0.3 is 0 Å². The molecular weight excluding hydrogens is 418 g/mol. The topological polar surface area (TPSA) is 62.1 Å². The summed E-state index contributed by atoms with van der Waals surface area (Å²) in [4.78, 5) is 15.1. The van der Waals surface area contributed by atoms with Gasteiger partial charge in [-0.25, -0.2) is 0 Å². The zero-order chi connectivity index (χ0) is 19.3. The van der Waals surface area contributed by atoms with Crippen molar-refractivity contribution >= 4 is 27.5 Å². The number of H-pyrrole nitrogens is 1. The highest BCUT2D eigenvalue weighted by Gasteiger charge is 2.44. The van der Waals surface area contributed by atoms with E-state index in [9.17, 15) is 4.79 Å². The lowest BCUT2D eigenvalue weighted by Gasteiger charge is -2.24. The maximum absolute atomic E-state index is 13.3. The Labute approximate surface area is 170 Å². The van der Waals surface area contributed by atoms with Gasteiger partial charge in [-0.15, -0.1) is 0 Å². The van der Waals surface area contributed by atoms with Crippen molar-refractivity contribution in [3.8, 4) is 11.3 Å². The van der Waals surface area contributed by atoms with E-state index in [1.54, 1.807) is 11.2 Å². The molecule has 1 atom stereocenters. The van der Waals surface area contributed by atoms with E-state index in [1.807, 2.05) is 67.6 Å². The molecule has 28 heavy (non-hydrogen) atoms. The predicted octanol–water partition coefficient (Wildman–Crippen LogP) is 5.49. The molecule has 1 amide bonds. The Balaban J connectivity index is 1.70. The maximum Gasteiger partial charge on any atom is 0.277 e. The van der Waals surface area contributed by atoms with E-state index in [2.05, 4.69) is 26.1 Å². The third-order valence-electron chi connectivity index (χ3n) is 5.01. The molecule has 2 aromatic heterocycles. The van der Waals surface area contributed by atoms with E-state index < -0.39 is 0 Å². The van der Waals surface area contributed by atoms with Crippen molar-refractivity contribution in [1.29, 1.82) is 0 Å². The van der Waals surface area contributed by atoms with Crippen molar-refractivity contribution < 1.29 is 9.21 Å². The Hall–Kier alpha value is -3.12. The molecule has 3 heterocycles. The van der Waals surface area contributed by atoms with E-state index in [-0.39, 0.29) is 11.9 Å². The van der Waals surface area contributed by atoms with E-state index in [4.69, 9.17) is 4.42 Å². The molecule has 4 aromatic rings. The van der Waals surface area contributed by atoms with Gasteiger partial charge in [0.05, 0.1) is 12.0 Å². The highest BCUT2D eigenvalue weighted by Crippen LogP contribution is 2.45. The smallest absolute Gasteiger partial charge is 0.277 e. The highest BCUT2D eigenvalue weighted by molar-refractivity contribution is 9.10. The summed E-state index contributed by atoms with van der Waals surface area (Å²) in [6.45, 7) is 2.03. The number of aromatic nitrogens is 2. The molecule has 0 bridgehead atoms. The summed E-state index contributed by atoms with van der Waals surface area (Å²) in [6, 6.07) is 19.2. The van der Waals surface area contributed by atoms with E-state index in [0.717, 1.165) is 32.5 Å². The van der Waals surface area contributed by atoms with Crippen LogP contribution < -0.4 is 4.90 Å². The minimum absolute atomic E-state index is 0.115. The van der Waals surface area contributed by atoms with Gasteiger partial charge in [-0.2, -0.15) is 5.10 Å². The van der Waals surface area contributed by atoms with Crippen molar-refractivity contribution in [2.75, 3.05) is 4.90 Å². The van der Waals surface area contributed by atoms with Crippen LogP contribution in [0.3, 0.4) is 0 Å². The molecule has 5 rings (SSSR count). The van der Waals surface area contributed by atoms with Crippen molar-refractivity contribution in [3.63, 3.8) is 0 Å². The second kappa shape index (κ2) is 6.49. The SMILES string of the molecule is Cc1ccc(N2C(=O)c3[nH]nc(-c4ccc(Br)cc4)c3[C@H]2c2ccco2)cc1. The number of amides is 1. The van der Waals surface area contributed by atoms with Gasteiger partial charge in [-0.05, 0) is 43.3 Å². The minimum Gasteiger partial charge on any atom is -0.467 e. The third kappa shape index (κ3) is 2.60. The largest absolute Gasteiger partial charge is 0.467 e. The van der Waals surface area contributed by atoms with E-state index in [0.29, 0.717) is 11.5 Å². The van der Waals surface area contributed by atoms with Gasteiger partial charge in [0.2, 0.25) is 0 Å². The lowest BCUT2D eigenvalue weighted by molar-refractivity contribution is 0.0987. The number of aromatic amines is 1. The van der Waals surface area contributed by atoms with Crippen molar-refractivity contribution in [2.24, 2.45) is 0 Å². The lowest BCUT2D eigenvalue weighted by atomic mass is 10.00. The quantitative estimate of drug-likeness (QED) is 0.464. The van der Waals surface area contributed by atoms with Gasteiger partial charge < -0.3 is 4.42 Å². The number of anilines is 1. The van der Waals surface area contributed by atoms with Crippen LogP contribution in [-0.4, -0.2) is 16.1 Å². The van der Waals surface area contributed by atoms with Gasteiger partial charge in [0.1, 0.15) is 17.5 Å². The van der Waals surface area contributed by atoms with Crippen LogP contribution in [-0.2, 0) is 0 Å². The number of fused-ring (bicyclic) bond motifs is 1. The highest BCUT2D eigenvalue weighted by atomic mass is 79.9. The Morgan fingerprint density at radius 2 is 1.82 bits per heavy atom. The van der Waals surface area contributed by atoms with Gasteiger partial charge in [0.25, 0.3) is 5.91 Å². The Kier molecular flexibility index (Phi) is 3.94. The van der Waals surface area contributed by atoms with Crippen molar-refractivity contribution in [3.05, 3.63) is 94.0 Å². The molecule has 0 radical (unpaired) electrons. The number of hydrogen-bond acceptors (Lipinski definition) is 3. The van der Waals surface area contributed by atoms with Gasteiger partial charge in [-0.3, -0.25) is 14.8 Å². The molecule has 1 aliphatic heterocycles. The molecular formula is C22H16BrN3O2. The van der Waals surface area contributed by atoms with Crippen LogP contribution in [0.2, 0.25) is 0 Å². The van der Waals surface area contributed by atoms with Crippen LogP contribution in [0.1, 0.15) is 33.4 Å². The number of rotatable bonds is 3. The van der Waals surface area contributed by atoms with Gasteiger partial charge in [0, 0.05) is 21.3 Å². The average molecular weight is 434 g/mol. The third-order valence-corrected chi connectivity index (χ3v) is 5.54. The summed E-state index contributed by atoms with van der Waals surface area (Å²) in [6.07, 6.45) is 1.63. The average Bonchev–Trinajstić information content (AvgIpc) is 3.42. The summed E-state index contributed by atoms with van der Waals surface area (Å²) >= 11 is 3.46. The summed E-state index contributed by atoms with van der Waals surface area (Å²) in [7, 11) is 0. The molecule has 0 fully saturated rings. The molecule has 1 N–H and O–H groups in total. The standard InChI is InChI=1S/C22H16BrN3O2/c1-13-4-10-16(11-5-13)26-21(17-3-2-12-28-17)18-19(24-25-20(18)22(26)27)14-6-8-15(23)9-7-14/h2-12,21H,1H3,(H,24,25)/t21-/m1/s1. The first-order valence-corrected chi connectivity index (χ1v) is 9.70. The number of carbonyl (C=O) groups excluding carboxylic acids is 1. The fraction of sp³-hybridized carbons (Fsp3) is 0.0909. The van der Waals surface area contributed by atoms with Crippen LogP contribution >= 0.6 is 15.9 Å². The van der Waals surface area contributed by atoms with E-state index >= 15 is 0 Å². The molecule has 138 valence electrons. The first kappa shape index (κ1) is 17.0. The molecule has 0 spiro atoms. The molecule has 6 heteroatoms. The predicted molar refractivity (Wildman–Crippen MR) is 110 cm³/mol. The second-order valence-electron chi connectivity index (χ2n) is 6.80. The summed E-state index contributed by atoms with van der Waals surface area (Å²) < 4.78 is 6.72. The molecule has 0 saturated heterocycles. The number of hydrogen-bond donors (Lipinski definition) is 1. The Morgan fingerprint density at radius 1 is 1.07 bits per heavy atom. The number of benzene rings is 2. The Morgan fingerprint density at radius 3 is 2.50 bits per heavy atom. The maximum atomic E-state index is 13.3. The molecule has 5 nitrogen and oxygen atoms in total. The normalized spacial score (nSPS) is 15.9. The Bertz CT molecular complexity index is 1150. The molecule has 0 saturated carbocycles. The number of nitrogens with zero attached hydrogens (tertiary/aromatic N) is 2. The molecule has 2 aromatic carbocycles. The van der Waals surface area contributed by atoms with E-state index in [1.165, 1.54) is 0 Å². The zero-order valence-corrected chi connectivity index (χ0v) is 16.6. The summed E-state index contributed by atoms with van der Waals surface area (Å²) in [5.74, 6) is 0.587. The fourth-order valence-electron chi connectivity index (χ4n) is 3.66. The molecule has 0 aliphatic carbocycles. The van der Waals surface area contributed by atoms with Crippen LogP contribution in [0, 0.1) is 6.92 Å². The van der Waals surface area contributed by atoms with Crippen molar-refractivity contribution in [1.82, 2.24) is 10.2 Å². The minimum atomic E-state index is -0.377. The van der Waals surface area contributed by atoms with Crippen molar-refractivity contribution in [2.45, 2.75) is 13.0 Å². The number of furan rings is 1. The first-order valence-electron chi connectivity index (χ1n) is 8.91. The molecule has 1 aliphatic rings. The van der Waals surface area contributed by atoms with Crippen LogP contribution in [0.15, 0.2) is 75.8 Å². The fourth-order valence-corrected chi connectivity index (χ4v) is 3.93. The number of halogens is 1. The number of carbonyl (C=O) groups is 1. The first-order chi connectivity index (χ1) is 13.6. The number of nitrogens with one attached hydrogen (secondary N) is 1. The van der Waals surface area contributed by atoms with Crippen LogP contribution in [0.5, 0.6) is 0 Å².